The average molecular weight is 213 g/mol. The van der Waals surface area contributed by atoms with Gasteiger partial charge in [-0.05, 0) is 6.42 Å². The Hall–Kier alpha value is -1.43. The minimum Gasteiger partial charge on any atom is -0.480 e. The van der Waals surface area contributed by atoms with Crippen molar-refractivity contribution in [1.82, 2.24) is 4.90 Å². The van der Waals surface area contributed by atoms with Crippen LogP contribution in [0.4, 0.5) is 0 Å². The number of hydrogen-bond acceptors (Lipinski definition) is 4. The maximum absolute atomic E-state index is 11.4. The van der Waals surface area contributed by atoms with Gasteiger partial charge >= 0.3 is 5.97 Å². The van der Waals surface area contributed by atoms with Crippen LogP contribution in [0, 0.1) is 11.8 Å². The molecule has 6 heteroatoms. The van der Waals surface area contributed by atoms with E-state index in [0.29, 0.717) is 6.42 Å². The summed E-state index contributed by atoms with van der Waals surface area (Å²) in [6.07, 6.45) is 0.685. The number of carbonyl (C=O) groups excluding carboxylic acids is 2. The Morgan fingerprint density at radius 2 is 2.00 bits per heavy atom. The zero-order valence-corrected chi connectivity index (χ0v) is 8.01. The quantitative estimate of drug-likeness (QED) is 0.472. The highest BCUT2D eigenvalue weighted by atomic mass is 16.5. The summed E-state index contributed by atoms with van der Waals surface area (Å²) in [6, 6.07) is 0. The number of piperidine rings is 1. The predicted octanol–water partition coefficient (Wildman–Crippen LogP) is -0.907. The number of carboxylic acid groups (broad SMARTS) is 1. The summed E-state index contributed by atoms with van der Waals surface area (Å²) in [5, 5.41) is 8.29. The van der Waals surface area contributed by atoms with Crippen molar-refractivity contribution in [2.24, 2.45) is 11.8 Å². The van der Waals surface area contributed by atoms with E-state index < -0.39 is 12.6 Å². The Labute approximate surface area is 85.8 Å². The SMILES string of the molecule is O=C(O)COCCN1C(=O)C2CC2C1=O. The van der Waals surface area contributed by atoms with Crippen LogP contribution in [0.3, 0.4) is 0 Å². The first-order chi connectivity index (χ1) is 7.11. The van der Waals surface area contributed by atoms with Gasteiger partial charge in [0.2, 0.25) is 11.8 Å². The fraction of sp³-hybridized carbons (Fsp3) is 0.667. The second-order valence-corrected chi connectivity index (χ2v) is 3.72. The van der Waals surface area contributed by atoms with E-state index in [1.807, 2.05) is 0 Å². The van der Waals surface area contributed by atoms with Gasteiger partial charge in [0.25, 0.3) is 0 Å². The molecule has 82 valence electrons. The Bertz CT molecular complexity index is 306. The highest BCUT2D eigenvalue weighted by Crippen LogP contribution is 2.46. The molecule has 0 bridgehead atoms. The van der Waals surface area contributed by atoms with Gasteiger partial charge in [-0.3, -0.25) is 14.5 Å². The molecule has 0 spiro atoms. The molecular weight excluding hydrogens is 202 g/mol. The van der Waals surface area contributed by atoms with Crippen molar-refractivity contribution in [3.8, 4) is 0 Å². The zero-order valence-electron chi connectivity index (χ0n) is 8.01. The van der Waals surface area contributed by atoms with Gasteiger partial charge < -0.3 is 9.84 Å². The van der Waals surface area contributed by atoms with Crippen molar-refractivity contribution in [3.63, 3.8) is 0 Å². The van der Waals surface area contributed by atoms with Gasteiger partial charge in [0.05, 0.1) is 25.0 Å². The molecule has 0 aromatic heterocycles. The zero-order chi connectivity index (χ0) is 11.0. The van der Waals surface area contributed by atoms with E-state index in [4.69, 9.17) is 9.84 Å². The second kappa shape index (κ2) is 3.62. The van der Waals surface area contributed by atoms with Gasteiger partial charge in [-0.15, -0.1) is 0 Å². The third-order valence-corrected chi connectivity index (χ3v) is 2.64. The van der Waals surface area contributed by atoms with E-state index in [9.17, 15) is 14.4 Å². The molecule has 0 aromatic rings. The normalized spacial score (nSPS) is 28.1. The Morgan fingerprint density at radius 3 is 2.53 bits per heavy atom. The number of likely N-dealkylation sites (tertiary alicyclic amines) is 1. The van der Waals surface area contributed by atoms with Crippen LogP contribution in [0.15, 0.2) is 0 Å². The largest absolute Gasteiger partial charge is 0.480 e. The molecule has 0 radical (unpaired) electrons. The number of imide groups is 1. The molecule has 1 N–H and O–H groups in total. The number of carboxylic acids is 1. The monoisotopic (exact) mass is 213 g/mol. The first-order valence-electron chi connectivity index (χ1n) is 4.76. The third kappa shape index (κ3) is 1.85. The number of rotatable bonds is 5. The van der Waals surface area contributed by atoms with Crippen molar-refractivity contribution in [2.45, 2.75) is 6.42 Å². The number of hydrogen-bond donors (Lipinski definition) is 1. The van der Waals surface area contributed by atoms with Gasteiger partial charge in [0.15, 0.2) is 0 Å². The lowest BCUT2D eigenvalue weighted by Crippen LogP contribution is -2.36. The van der Waals surface area contributed by atoms with Crippen molar-refractivity contribution >= 4 is 17.8 Å². The number of nitrogens with zero attached hydrogens (tertiary/aromatic N) is 1. The summed E-state index contributed by atoms with van der Waals surface area (Å²) >= 11 is 0. The summed E-state index contributed by atoms with van der Waals surface area (Å²) in [4.78, 5) is 34.1. The second-order valence-electron chi connectivity index (χ2n) is 3.72. The Balaban J connectivity index is 1.74. The van der Waals surface area contributed by atoms with Gasteiger partial charge in [-0.2, -0.15) is 0 Å². The van der Waals surface area contributed by atoms with E-state index in [2.05, 4.69) is 0 Å². The first-order valence-corrected chi connectivity index (χ1v) is 4.76. The summed E-state index contributed by atoms with van der Waals surface area (Å²) in [5.41, 5.74) is 0. The molecule has 15 heavy (non-hydrogen) atoms. The highest BCUT2D eigenvalue weighted by Gasteiger charge is 2.58. The van der Waals surface area contributed by atoms with E-state index in [1.165, 1.54) is 4.90 Å². The fourth-order valence-corrected chi connectivity index (χ4v) is 1.79. The van der Waals surface area contributed by atoms with Crippen LogP contribution in [0.2, 0.25) is 0 Å². The van der Waals surface area contributed by atoms with Crippen LogP contribution < -0.4 is 0 Å². The number of fused-ring (bicyclic) bond motifs is 1. The lowest BCUT2D eigenvalue weighted by atomic mass is 10.4. The van der Waals surface area contributed by atoms with E-state index in [-0.39, 0.29) is 36.8 Å². The van der Waals surface area contributed by atoms with E-state index >= 15 is 0 Å². The molecule has 2 atom stereocenters. The van der Waals surface area contributed by atoms with Gasteiger partial charge in [-0.1, -0.05) is 0 Å². The van der Waals surface area contributed by atoms with E-state index in [1.54, 1.807) is 0 Å². The third-order valence-electron chi connectivity index (χ3n) is 2.64. The average Bonchev–Trinajstić information content (AvgIpc) is 2.90. The summed E-state index contributed by atoms with van der Waals surface area (Å²) in [6.45, 7) is -0.149. The van der Waals surface area contributed by atoms with Crippen molar-refractivity contribution in [1.29, 1.82) is 0 Å². The highest BCUT2D eigenvalue weighted by molar-refractivity contribution is 6.08. The molecule has 1 saturated carbocycles. The van der Waals surface area contributed by atoms with E-state index in [0.717, 1.165) is 0 Å². The lowest BCUT2D eigenvalue weighted by Gasteiger charge is -2.15. The molecule has 2 unspecified atom stereocenters. The van der Waals surface area contributed by atoms with Crippen molar-refractivity contribution in [3.05, 3.63) is 0 Å². The number of aliphatic carboxylic acids is 1. The van der Waals surface area contributed by atoms with Crippen molar-refractivity contribution in [2.75, 3.05) is 19.8 Å². The molecule has 1 saturated heterocycles. The molecule has 2 fully saturated rings. The molecule has 2 amide bonds. The molecule has 2 rings (SSSR count). The summed E-state index contributed by atoms with van der Waals surface area (Å²) in [5.74, 6) is -1.53. The maximum Gasteiger partial charge on any atom is 0.329 e. The standard InChI is InChI=1S/C9H11NO5/c11-7(12)4-15-2-1-10-8(13)5-3-6(5)9(10)14/h5-6H,1-4H2,(H,11,12). The minimum atomic E-state index is -1.06. The van der Waals surface area contributed by atoms with Crippen LogP contribution >= 0.6 is 0 Å². The molecule has 1 aliphatic carbocycles. The predicted molar refractivity (Wildman–Crippen MR) is 46.8 cm³/mol. The minimum absolute atomic E-state index is 0.0865. The van der Waals surface area contributed by atoms with Crippen molar-refractivity contribution < 1.29 is 24.2 Å². The lowest BCUT2D eigenvalue weighted by molar-refractivity contribution is -0.144. The Kier molecular flexibility index (Phi) is 2.44. The van der Waals surface area contributed by atoms with Gasteiger partial charge in [0.1, 0.15) is 6.61 Å². The van der Waals surface area contributed by atoms with Gasteiger partial charge in [0, 0.05) is 0 Å². The summed E-state index contributed by atoms with van der Waals surface area (Å²) in [7, 11) is 0. The van der Waals surface area contributed by atoms with Gasteiger partial charge in [-0.25, -0.2) is 4.79 Å². The number of amides is 2. The molecule has 1 aliphatic heterocycles. The maximum atomic E-state index is 11.4. The molecular formula is C9H11NO5. The summed E-state index contributed by atoms with van der Waals surface area (Å²) < 4.78 is 4.76. The topological polar surface area (TPSA) is 83.9 Å². The fourth-order valence-electron chi connectivity index (χ4n) is 1.79. The van der Waals surface area contributed by atoms with Crippen LogP contribution in [0.5, 0.6) is 0 Å². The number of ether oxygens (including phenoxy) is 1. The molecule has 1 heterocycles. The van der Waals surface area contributed by atoms with Crippen LogP contribution in [0.25, 0.3) is 0 Å². The Morgan fingerprint density at radius 1 is 1.40 bits per heavy atom. The van der Waals surface area contributed by atoms with Crippen LogP contribution in [0.1, 0.15) is 6.42 Å². The number of carbonyl (C=O) groups is 3. The first kappa shape index (κ1) is 10.1. The van der Waals surface area contributed by atoms with Crippen LogP contribution in [-0.4, -0.2) is 47.5 Å². The molecule has 0 aromatic carbocycles. The molecule has 6 nitrogen and oxygen atoms in total. The van der Waals surface area contributed by atoms with Crippen LogP contribution in [-0.2, 0) is 19.1 Å². The molecule has 2 aliphatic rings. The smallest absolute Gasteiger partial charge is 0.329 e.